The minimum atomic E-state index is -0.639. The van der Waals surface area contributed by atoms with E-state index < -0.39 is 5.38 Å². The van der Waals surface area contributed by atoms with Crippen molar-refractivity contribution in [2.75, 3.05) is 0 Å². The Hall–Kier alpha value is -0.570. The summed E-state index contributed by atoms with van der Waals surface area (Å²) in [5.41, 5.74) is 0.828. The number of halogens is 2. The molecule has 0 heterocycles. The fourth-order valence-corrected chi connectivity index (χ4v) is 1.57. The van der Waals surface area contributed by atoms with Gasteiger partial charge in [-0.05, 0) is 18.6 Å². The summed E-state index contributed by atoms with van der Waals surface area (Å²) in [6.45, 7) is 1.36. The van der Waals surface area contributed by atoms with E-state index in [4.69, 9.17) is 28.3 Å². The van der Waals surface area contributed by atoms with Crippen molar-refractivity contribution in [1.82, 2.24) is 0 Å². The number of rotatable bonds is 3. The highest BCUT2D eigenvalue weighted by molar-refractivity contribution is 6.39. The third-order valence-electron chi connectivity index (χ3n) is 1.88. The Morgan fingerprint density at radius 3 is 2.71 bits per heavy atom. The van der Waals surface area contributed by atoms with E-state index >= 15 is 0 Å². The maximum atomic E-state index is 11.6. The second-order valence-corrected chi connectivity index (χ2v) is 3.97. The van der Waals surface area contributed by atoms with Gasteiger partial charge < -0.3 is 5.11 Å². The van der Waals surface area contributed by atoms with Crippen molar-refractivity contribution in [1.29, 1.82) is 0 Å². The second-order valence-electron chi connectivity index (χ2n) is 2.91. The molecule has 0 saturated heterocycles. The molecule has 0 saturated carbocycles. The Balaban J connectivity index is 3.23. The Kier molecular flexibility index (Phi) is 3.93. The zero-order chi connectivity index (χ0) is 10.7. The highest BCUT2D eigenvalue weighted by atomic mass is 35.5. The smallest absolute Gasteiger partial charge is 0.182 e. The molecule has 76 valence electrons. The number of aliphatic hydroxyl groups excluding tert-OH is 1. The van der Waals surface area contributed by atoms with Crippen LogP contribution < -0.4 is 0 Å². The summed E-state index contributed by atoms with van der Waals surface area (Å²) in [6.07, 6.45) is 0. The number of ketones is 1. The number of benzene rings is 1. The lowest BCUT2D eigenvalue weighted by atomic mass is 10.0. The second kappa shape index (κ2) is 4.78. The van der Waals surface area contributed by atoms with E-state index in [9.17, 15) is 4.79 Å². The molecule has 0 fully saturated rings. The van der Waals surface area contributed by atoms with Crippen molar-refractivity contribution in [2.24, 2.45) is 0 Å². The van der Waals surface area contributed by atoms with Gasteiger partial charge in [0.25, 0.3) is 0 Å². The zero-order valence-electron chi connectivity index (χ0n) is 7.63. The molecule has 4 heteroatoms. The first-order chi connectivity index (χ1) is 6.57. The normalized spacial score (nSPS) is 12.6. The largest absolute Gasteiger partial charge is 0.392 e. The van der Waals surface area contributed by atoms with Crippen LogP contribution in [-0.4, -0.2) is 16.3 Å². The molecule has 14 heavy (non-hydrogen) atoms. The van der Waals surface area contributed by atoms with Gasteiger partial charge in [-0.3, -0.25) is 4.79 Å². The first-order valence-corrected chi connectivity index (χ1v) is 4.96. The van der Waals surface area contributed by atoms with E-state index in [0.717, 1.165) is 0 Å². The van der Waals surface area contributed by atoms with Gasteiger partial charge in [0.15, 0.2) is 5.78 Å². The van der Waals surface area contributed by atoms with Crippen molar-refractivity contribution >= 4 is 29.0 Å². The summed E-state index contributed by atoms with van der Waals surface area (Å²) in [7, 11) is 0. The van der Waals surface area contributed by atoms with E-state index in [-0.39, 0.29) is 12.4 Å². The monoisotopic (exact) mass is 232 g/mol. The molecule has 0 aromatic heterocycles. The molecule has 1 rings (SSSR count). The van der Waals surface area contributed by atoms with Crippen molar-refractivity contribution in [3.05, 3.63) is 34.3 Å². The SMILES string of the molecule is CC(Cl)C(=O)c1c(Cl)cccc1CO. The minimum absolute atomic E-state index is 0.217. The van der Waals surface area contributed by atoms with Gasteiger partial charge in [0.1, 0.15) is 0 Å². The van der Waals surface area contributed by atoms with Gasteiger partial charge >= 0.3 is 0 Å². The van der Waals surface area contributed by atoms with Crippen molar-refractivity contribution in [2.45, 2.75) is 18.9 Å². The van der Waals surface area contributed by atoms with E-state index in [0.29, 0.717) is 16.1 Å². The number of carbonyl (C=O) groups is 1. The quantitative estimate of drug-likeness (QED) is 0.643. The third-order valence-corrected chi connectivity index (χ3v) is 2.39. The highest BCUT2D eigenvalue weighted by Crippen LogP contribution is 2.23. The van der Waals surface area contributed by atoms with Crippen LogP contribution in [0.3, 0.4) is 0 Å². The van der Waals surface area contributed by atoms with Crippen LogP contribution in [0.25, 0.3) is 0 Å². The standard InChI is InChI=1S/C10H10Cl2O2/c1-6(11)10(14)9-7(5-13)3-2-4-8(9)12/h2-4,6,13H,5H2,1H3. The molecule has 0 aliphatic carbocycles. The molecule has 1 aromatic carbocycles. The van der Waals surface area contributed by atoms with Crippen LogP contribution in [0, 0.1) is 0 Å². The van der Waals surface area contributed by atoms with Gasteiger partial charge in [-0.15, -0.1) is 11.6 Å². The van der Waals surface area contributed by atoms with Gasteiger partial charge in [0.2, 0.25) is 0 Å². The molecule has 0 bridgehead atoms. The fourth-order valence-electron chi connectivity index (χ4n) is 1.18. The molecular formula is C10H10Cl2O2. The number of Topliss-reactive ketones (excluding diaryl/α,β-unsaturated/α-hetero) is 1. The Morgan fingerprint density at radius 2 is 2.21 bits per heavy atom. The Labute approximate surface area is 92.5 Å². The topological polar surface area (TPSA) is 37.3 Å². The lowest BCUT2D eigenvalue weighted by molar-refractivity contribution is 0.0989. The summed E-state index contributed by atoms with van der Waals surface area (Å²) in [4.78, 5) is 11.6. The maximum Gasteiger partial charge on any atom is 0.182 e. The lowest BCUT2D eigenvalue weighted by Gasteiger charge is -2.09. The Bertz CT molecular complexity index is 348. The average Bonchev–Trinajstić information content (AvgIpc) is 2.16. The molecular weight excluding hydrogens is 223 g/mol. The predicted octanol–water partition coefficient (Wildman–Crippen LogP) is 2.64. The summed E-state index contributed by atoms with van der Waals surface area (Å²) in [5, 5.41) is 8.71. The molecule has 0 amide bonds. The Morgan fingerprint density at radius 1 is 1.57 bits per heavy atom. The maximum absolute atomic E-state index is 11.6. The van der Waals surface area contributed by atoms with Crippen LogP contribution in [-0.2, 0) is 6.61 Å². The summed E-state index contributed by atoms with van der Waals surface area (Å²) in [6, 6.07) is 4.94. The van der Waals surface area contributed by atoms with Crippen LogP contribution in [0.5, 0.6) is 0 Å². The molecule has 0 aliphatic heterocycles. The van der Waals surface area contributed by atoms with Crippen LogP contribution in [0.2, 0.25) is 5.02 Å². The molecule has 0 radical (unpaired) electrons. The molecule has 2 nitrogen and oxygen atoms in total. The number of hydrogen-bond acceptors (Lipinski definition) is 2. The molecule has 0 spiro atoms. The lowest BCUT2D eigenvalue weighted by Crippen LogP contribution is -2.13. The van der Waals surface area contributed by atoms with Gasteiger partial charge in [-0.2, -0.15) is 0 Å². The van der Waals surface area contributed by atoms with Gasteiger partial charge in [0.05, 0.1) is 17.0 Å². The molecule has 1 atom stereocenters. The number of carbonyl (C=O) groups excluding carboxylic acids is 1. The summed E-state index contributed by atoms with van der Waals surface area (Å²) in [5.74, 6) is -0.263. The molecule has 1 unspecified atom stereocenters. The highest BCUT2D eigenvalue weighted by Gasteiger charge is 2.18. The number of alkyl halides is 1. The zero-order valence-corrected chi connectivity index (χ0v) is 9.14. The van der Waals surface area contributed by atoms with Crippen LogP contribution in [0.1, 0.15) is 22.8 Å². The number of aliphatic hydroxyl groups is 1. The van der Waals surface area contributed by atoms with E-state index in [1.165, 1.54) is 0 Å². The van der Waals surface area contributed by atoms with Crippen LogP contribution in [0.15, 0.2) is 18.2 Å². The van der Waals surface area contributed by atoms with Crippen molar-refractivity contribution in [3.63, 3.8) is 0 Å². The van der Waals surface area contributed by atoms with Crippen molar-refractivity contribution < 1.29 is 9.90 Å². The average molecular weight is 233 g/mol. The third kappa shape index (κ3) is 2.27. The van der Waals surface area contributed by atoms with Crippen LogP contribution in [0.4, 0.5) is 0 Å². The van der Waals surface area contributed by atoms with Gasteiger partial charge in [0, 0.05) is 5.56 Å². The minimum Gasteiger partial charge on any atom is -0.392 e. The van der Waals surface area contributed by atoms with Crippen molar-refractivity contribution in [3.8, 4) is 0 Å². The first-order valence-electron chi connectivity index (χ1n) is 4.14. The molecule has 0 aliphatic rings. The number of hydrogen-bond donors (Lipinski definition) is 1. The van der Waals surface area contributed by atoms with Gasteiger partial charge in [-0.1, -0.05) is 23.7 Å². The molecule has 1 aromatic rings. The predicted molar refractivity (Wildman–Crippen MR) is 57.0 cm³/mol. The van der Waals surface area contributed by atoms with E-state index in [2.05, 4.69) is 0 Å². The first kappa shape index (κ1) is 11.5. The summed E-state index contributed by atoms with van der Waals surface area (Å²) < 4.78 is 0. The summed E-state index contributed by atoms with van der Waals surface area (Å²) >= 11 is 11.5. The van der Waals surface area contributed by atoms with E-state index in [1.807, 2.05) is 0 Å². The molecule has 1 N–H and O–H groups in total. The van der Waals surface area contributed by atoms with Crippen LogP contribution >= 0.6 is 23.2 Å². The van der Waals surface area contributed by atoms with Gasteiger partial charge in [-0.25, -0.2) is 0 Å². The van der Waals surface area contributed by atoms with E-state index in [1.54, 1.807) is 25.1 Å². The fraction of sp³-hybridized carbons (Fsp3) is 0.300.